The third-order valence-electron chi connectivity index (χ3n) is 3.94. The second kappa shape index (κ2) is 8.28. The average molecular weight is 419 g/mol. The van der Waals surface area contributed by atoms with Crippen molar-refractivity contribution in [3.05, 3.63) is 65.0 Å². The fraction of sp³-hybridized carbons (Fsp3) is 0.111. The topological polar surface area (TPSA) is 111 Å². The molecule has 3 aromatic heterocycles. The second-order valence-corrected chi connectivity index (χ2v) is 6.25. The number of hydrogen-bond donors (Lipinski definition) is 2. The maximum absolute atomic E-state index is 12.4. The number of nitrogen functional groups attached to an aromatic ring is 1. The van der Waals surface area contributed by atoms with Gasteiger partial charge in [-0.05, 0) is 36.2 Å². The number of nitrogens with zero attached hydrogens (tertiary/aromatic N) is 4. The lowest BCUT2D eigenvalue weighted by molar-refractivity contribution is 0.0949. The molecule has 0 fully saturated rings. The van der Waals surface area contributed by atoms with Gasteiger partial charge in [0, 0.05) is 17.6 Å². The molecule has 0 aliphatic rings. The molecule has 28 heavy (non-hydrogen) atoms. The Balaban J connectivity index is 0.00000225. The fourth-order valence-corrected chi connectivity index (χ4v) is 2.73. The molecule has 0 radical (unpaired) electrons. The summed E-state index contributed by atoms with van der Waals surface area (Å²) in [6.07, 6.45) is 2.20. The van der Waals surface area contributed by atoms with Crippen LogP contribution in [0.5, 0.6) is 0 Å². The van der Waals surface area contributed by atoms with Crippen molar-refractivity contribution in [3.63, 3.8) is 0 Å². The maximum atomic E-state index is 12.4. The summed E-state index contributed by atoms with van der Waals surface area (Å²) in [6.45, 7) is 0.456. The summed E-state index contributed by atoms with van der Waals surface area (Å²) in [6, 6.07) is 12.5. The van der Waals surface area contributed by atoms with Crippen molar-refractivity contribution >= 4 is 41.5 Å². The number of carbonyl (C=O) groups is 1. The van der Waals surface area contributed by atoms with E-state index in [-0.39, 0.29) is 30.0 Å². The van der Waals surface area contributed by atoms with E-state index in [1.54, 1.807) is 12.1 Å². The molecule has 3 heterocycles. The predicted molar refractivity (Wildman–Crippen MR) is 108 cm³/mol. The zero-order valence-electron chi connectivity index (χ0n) is 14.5. The lowest BCUT2D eigenvalue weighted by Crippen LogP contribution is -2.27. The van der Waals surface area contributed by atoms with Crippen molar-refractivity contribution in [2.75, 3.05) is 12.3 Å². The van der Waals surface area contributed by atoms with Crippen LogP contribution in [0.1, 0.15) is 16.1 Å². The number of nitrogens with two attached hydrogens (primary N) is 1. The highest BCUT2D eigenvalue weighted by molar-refractivity contribution is 6.30. The molecule has 0 saturated carbocycles. The molecule has 0 bridgehead atoms. The fourth-order valence-electron chi connectivity index (χ4n) is 2.60. The van der Waals surface area contributed by atoms with E-state index in [4.69, 9.17) is 21.8 Å². The van der Waals surface area contributed by atoms with Crippen LogP contribution in [0, 0.1) is 0 Å². The Kier molecular flexibility index (Phi) is 5.81. The van der Waals surface area contributed by atoms with Crippen LogP contribution in [0.25, 0.3) is 17.2 Å². The third-order valence-corrected chi connectivity index (χ3v) is 4.19. The SMILES string of the molecule is Cl.Nc1nc(C(=O)NCCc2ccc(Cl)cc2)cc2nc(-c3ccco3)nn12. The van der Waals surface area contributed by atoms with E-state index < -0.39 is 0 Å². The zero-order chi connectivity index (χ0) is 18.8. The second-order valence-electron chi connectivity index (χ2n) is 5.81. The molecule has 4 rings (SSSR count). The number of aromatic nitrogens is 4. The molecule has 0 aliphatic heterocycles. The molecule has 8 nitrogen and oxygen atoms in total. The van der Waals surface area contributed by atoms with E-state index >= 15 is 0 Å². The van der Waals surface area contributed by atoms with E-state index in [9.17, 15) is 4.79 Å². The number of carbonyl (C=O) groups excluding carboxylic acids is 1. The average Bonchev–Trinajstić information content (AvgIpc) is 3.32. The molecule has 4 aromatic rings. The van der Waals surface area contributed by atoms with Gasteiger partial charge in [-0.1, -0.05) is 23.7 Å². The van der Waals surface area contributed by atoms with Gasteiger partial charge in [0.1, 0.15) is 5.69 Å². The maximum Gasteiger partial charge on any atom is 0.270 e. The Morgan fingerprint density at radius 1 is 1.21 bits per heavy atom. The van der Waals surface area contributed by atoms with Gasteiger partial charge in [-0.15, -0.1) is 17.5 Å². The monoisotopic (exact) mass is 418 g/mol. The minimum absolute atomic E-state index is 0. The predicted octanol–water partition coefficient (Wildman–Crippen LogP) is 3.01. The molecule has 0 atom stereocenters. The molecular formula is C18H16Cl2N6O2. The lowest BCUT2D eigenvalue weighted by atomic mass is 10.1. The van der Waals surface area contributed by atoms with Crippen molar-refractivity contribution < 1.29 is 9.21 Å². The first-order valence-corrected chi connectivity index (χ1v) is 8.58. The first-order valence-electron chi connectivity index (χ1n) is 8.20. The number of fused-ring (bicyclic) bond motifs is 1. The number of amides is 1. The largest absolute Gasteiger partial charge is 0.461 e. The first kappa shape index (κ1) is 19.7. The highest BCUT2D eigenvalue weighted by Gasteiger charge is 2.15. The normalized spacial score (nSPS) is 10.6. The van der Waals surface area contributed by atoms with Crippen LogP contribution in [0.2, 0.25) is 5.02 Å². The summed E-state index contributed by atoms with van der Waals surface area (Å²) >= 11 is 5.86. The van der Waals surface area contributed by atoms with E-state index in [0.717, 1.165) is 5.56 Å². The summed E-state index contributed by atoms with van der Waals surface area (Å²) in [7, 11) is 0. The van der Waals surface area contributed by atoms with Crippen LogP contribution >= 0.6 is 24.0 Å². The van der Waals surface area contributed by atoms with Crippen LogP contribution < -0.4 is 11.1 Å². The minimum atomic E-state index is -0.333. The van der Waals surface area contributed by atoms with Crippen LogP contribution in [-0.4, -0.2) is 32.0 Å². The van der Waals surface area contributed by atoms with Gasteiger partial charge >= 0.3 is 0 Å². The number of nitrogens with one attached hydrogen (secondary N) is 1. The van der Waals surface area contributed by atoms with E-state index in [1.165, 1.54) is 16.8 Å². The molecule has 1 aromatic carbocycles. The quantitative estimate of drug-likeness (QED) is 0.515. The van der Waals surface area contributed by atoms with Crippen LogP contribution in [0.15, 0.2) is 53.1 Å². The number of anilines is 1. The first-order chi connectivity index (χ1) is 13.1. The molecule has 0 saturated heterocycles. The Morgan fingerprint density at radius 3 is 2.71 bits per heavy atom. The molecule has 3 N–H and O–H groups in total. The van der Waals surface area contributed by atoms with Crippen molar-refractivity contribution in [2.45, 2.75) is 6.42 Å². The lowest BCUT2D eigenvalue weighted by Gasteiger charge is -2.06. The van der Waals surface area contributed by atoms with E-state index in [0.29, 0.717) is 35.2 Å². The van der Waals surface area contributed by atoms with Gasteiger partial charge < -0.3 is 15.5 Å². The van der Waals surface area contributed by atoms with Crippen LogP contribution in [-0.2, 0) is 6.42 Å². The van der Waals surface area contributed by atoms with Crippen LogP contribution in [0.4, 0.5) is 5.95 Å². The van der Waals surface area contributed by atoms with Crippen molar-refractivity contribution in [2.24, 2.45) is 0 Å². The van der Waals surface area contributed by atoms with Gasteiger partial charge in [-0.2, -0.15) is 4.52 Å². The zero-order valence-corrected chi connectivity index (χ0v) is 16.1. The third kappa shape index (κ3) is 4.08. The van der Waals surface area contributed by atoms with Gasteiger partial charge in [0.05, 0.1) is 6.26 Å². The van der Waals surface area contributed by atoms with Gasteiger partial charge in [-0.3, -0.25) is 4.79 Å². The summed E-state index contributed by atoms with van der Waals surface area (Å²) in [5.74, 6) is 0.613. The standard InChI is InChI=1S/C18H15ClN6O2.ClH/c19-12-5-3-11(4-6-12)7-8-21-17(26)13-10-15-23-16(14-2-1-9-27-14)24-25(15)18(20)22-13;/h1-6,9-10H,7-8H2,(H2,20,22)(H,21,26);1H. The number of halogens is 2. The van der Waals surface area contributed by atoms with Crippen molar-refractivity contribution in [1.82, 2.24) is 24.9 Å². The summed E-state index contributed by atoms with van der Waals surface area (Å²) < 4.78 is 6.65. The highest BCUT2D eigenvalue weighted by Crippen LogP contribution is 2.18. The molecule has 0 unspecified atom stereocenters. The Hall–Kier alpha value is -3.10. The van der Waals surface area contributed by atoms with Gasteiger partial charge in [-0.25, -0.2) is 9.97 Å². The molecule has 1 amide bonds. The van der Waals surface area contributed by atoms with E-state index in [1.807, 2.05) is 24.3 Å². The number of benzene rings is 1. The van der Waals surface area contributed by atoms with Gasteiger partial charge in [0.25, 0.3) is 5.91 Å². The number of furan rings is 1. The molecular weight excluding hydrogens is 403 g/mol. The summed E-state index contributed by atoms with van der Waals surface area (Å²) in [5, 5.41) is 7.75. The van der Waals surface area contributed by atoms with E-state index in [2.05, 4.69) is 20.4 Å². The Labute approximate surface area is 171 Å². The molecule has 0 aliphatic carbocycles. The summed E-state index contributed by atoms with van der Waals surface area (Å²) in [5.41, 5.74) is 7.58. The Morgan fingerprint density at radius 2 is 2.00 bits per heavy atom. The smallest absolute Gasteiger partial charge is 0.270 e. The van der Waals surface area contributed by atoms with Crippen molar-refractivity contribution in [1.29, 1.82) is 0 Å². The highest BCUT2D eigenvalue weighted by atomic mass is 35.5. The van der Waals surface area contributed by atoms with Crippen LogP contribution in [0.3, 0.4) is 0 Å². The van der Waals surface area contributed by atoms with Gasteiger partial charge in [0.2, 0.25) is 11.8 Å². The number of rotatable bonds is 5. The molecule has 144 valence electrons. The minimum Gasteiger partial charge on any atom is -0.461 e. The molecule has 10 heteroatoms. The number of hydrogen-bond acceptors (Lipinski definition) is 6. The van der Waals surface area contributed by atoms with Crippen molar-refractivity contribution in [3.8, 4) is 11.6 Å². The summed E-state index contributed by atoms with van der Waals surface area (Å²) in [4.78, 5) is 20.8. The molecule has 0 spiro atoms. The van der Waals surface area contributed by atoms with Gasteiger partial charge in [0.15, 0.2) is 11.4 Å². The Bertz CT molecular complexity index is 1090.